The highest BCUT2D eigenvalue weighted by atomic mass is 16.5. The Bertz CT molecular complexity index is 710. The minimum absolute atomic E-state index is 0.0113. The molecule has 0 spiro atoms. The molecular formula is C27H45NO4. The van der Waals surface area contributed by atoms with Crippen molar-refractivity contribution in [1.29, 1.82) is 0 Å². The average Bonchev–Trinajstić information content (AvgIpc) is 3.14. The lowest BCUT2D eigenvalue weighted by molar-refractivity contribution is -0.161. The summed E-state index contributed by atoms with van der Waals surface area (Å²) in [5.41, 5.74) is 6.29. The zero-order valence-electron chi connectivity index (χ0n) is 20.7. The molecule has 9 atom stereocenters. The fraction of sp³-hybridized carbons (Fsp3) is 0.926. The second-order valence-electron chi connectivity index (χ2n) is 12.1. The third-order valence-corrected chi connectivity index (χ3v) is 10.9. The minimum Gasteiger partial charge on any atom is -0.469 e. The van der Waals surface area contributed by atoms with Gasteiger partial charge in [-0.05, 0) is 111 Å². The van der Waals surface area contributed by atoms with Gasteiger partial charge in [0.05, 0.1) is 13.7 Å². The van der Waals surface area contributed by atoms with E-state index in [9.17, 15) is 9.59 Å². The Hall–Kier alpha value is -1.10. The number of fused-ring (bicyclic) bond motifs is 5. The van der Waals surface area contributed by atoms with Crippen molar-refractivity contribution < 1.29 is 19.1 Å². The molecule has 0 unspecified atom stereocenters. The molecule has 0 amide bonds. The summed E-state index contributed by atoms with van der Waals surface area (Å²) < 4.78 is 10.5. The van der Waals surface area contributed by atoms with Crippen molar-refractivity contribution in [2.45, 2.75) is 97.5 Å². The predicted molar refractivity (Wildman–Crippen MR) is 125 cm³/mol. The number of carbonyl (C=O) groups excluding carboxylic acids is 2. The maximum absolute atomic E-state index is 11.7. The van der Waals surface area contributed by atoms with Gasteiger partial charge in [-0.2, -0.15) is 0 Å². The van der Waals surface area contributed by atoms with Gasteiger partial charge in [-0.15, -0.1) is 0 Å². The van der Waals surface area contributed by atoms with Gasteiger partial charge >= 0.3 is 11.9 Å². The van der Waals surface area contributed by atoms with Crippen LogP contribution in [0.4, 0.5) is 0 Å². The van der Waals surface area contributed by atoms with Gasteiger partial charge < -0.3 is 15.2 Å². The van der Waals surface area contributed by atoms with Gasteiger partial charge in [0.15, 0.2) is 0 Å². The topological polar surface area (TPSA) is 78.6 Å². The van der Waals surface area contributed by atoms with Crippen molar-refractivity contribution in [3.63, 3.8) is 0 Å². The van der Waals surface area contributed by atoms with Crippen molar-refractivity contribution in [3.8, 4) is 0 Å². The van der Waals surface area contributed by atoms with Crippen molar-refractivity contribution in [1.82, 2.24) is 0 Å². The first-order valence-electron chi connectivity index (χ1n) is 13.2. The smallest absolute Gasteiger partial charge is 0.319 e. The quantitative estimate of drug-likeness (QED) is 0.573. The Balaban J connectivity index is 1.43. The SMILES string of the molecule is COC(=O)CC[C@@H](C)[C@H]1CC[C@H]2[C@@H]3CC[C@@H]4C[C@H](OC(=O)CN)CC[C@]4(C)[C@H]3CC[C@]12C. The molecule has 4 aliphatic rings. The molecule has 32 heavy (non-hydrogen) atoms. The Morgan fingerprint density at radius 1 is 0.969 bits per heavy atom. The monoisotopic (exact) mass is 447 g/mol. The first kappa shape index (κ1) is 24.0. The third kappa shape index (κ3) is 4.12. The van der Waals surface area contributed by atoms with Crippen molar-refractivity contribution in [2.75, 3.05) is 13.7 Å². The molecule has 4 aliphatic carbocycles. The molecule has 4 fully saturated rings. The molecule has 2 N–H and O–H groups in total. The number of ether oxygens (including phenoxy) is 2. The number of hydrogen-bond acceptors (Lipinski definition) is 5. The molecule has 0 aromatic heterocycles. The van der Waals surface area contributed by atoms with Crippen LogP contribution in [0.2, 0.25) is 0 Å². The van der Waals surface area contributed by atoms with Crippen LogP contribution < -0.4 is 5.73 Å². The Kier molecular flexibility index (Phi) is 6.96. The summed E-state index contributed by atoms with van der Waals surface area (Å²) in [5.74, 6) is 4.16. The molecule has 0 radical (unpaired) electrons. The average molecular weight is 448 g/mol. The molecule has 0 aliphatic heterocycles. The molecule has 0 bridgehead atoms. The van der Waals surface area contributed by atoms with E-state index in [4.69, 9.17) is 15.2 Å². The third-order valence-electron chi connectivity index (χ3n) is 10.9. The van der Waals surface area contributed by atoms with Gasteiger partial charge in [0, 0.05) is 6.42 Å². The normalized spacial score (nSPS) is 44.0. The van der Waals surface area contributed by atoms with E-state index in [1.165, 1.54) is 52.1 Å². The number of methoxy groups -OCH3 is 1. The minimum atomic E-state index is -0.251. The summed E-state index contributed by atoms with van der Waals surface area (Å²) in [7, 11) is 1.49. The van der Waals surface area contributed by atoms with Crippen molar-refractivity contribution in [2.24, 2.45) is 52.1 Å². The van der Waals surface area contributed by atoms with Crippen LogP contribution in [0.5, 0.6) is 0 Å². The molecule has 0 heterocycles. The molecule has 4 rings (SSSR count). The summed E-state index contributed by atoms with van der Waals surface area (Å²) in [6.45, 7) is 7.50. The summed E-state index contributed by atoms with van der Waals surface area (Å²) in [5, 5.41) is 0. The lowest BCUT2D eigenvalue weighted by Crippen LogP contribution is -2.54. The van der Waals surface area contributed by atoms with E-state index in [1.54, 1.807) is 0 Å². The highest BCUT2D eigenvalue weighted by Crippen LogP contribution is 2.68. The number of hydrogen-bond donors (Lipinski definition) is 1. The zero-order valence-corrected chi connectivity index (χ0v) is 20.7. The summed E-state index contributed by atoms with van der Waals surface area (Å²) in [6.07, 6.45) is 12.8. The van der Waals surface area contributed by atoms with Crippen molar-refractivity contribution >= 4 is 11.9 Å². The van der Waals surface area contributed by atoms with E-state index < -0.39 is 0 Å². The van der Waals surface area contributed by atoms with Gasteiger partial charge in [-0.3, -0.25) is 9.59 Å². The van der Waals surface area contributed by atoms with Crippen LogP contribution in [0.15, 0.2) is 0 Å². The van der Waals surface area contributed by atoms with Gasteiger partial charge in [-0.25, -0.2) is 0 Å². The van der Waals surface area contributed by atoms with Crippen LogP contribution in [0.1, 0.15) is 91.4 Å². The number of nitrogens with two attached hydrogens (primary N) is 1. The summed E-state index contributed by atoms with van der Waals surface area (Å²) in [6, 6.07) is 0. The molecular weight excluding hydrogens is 402 g/mol. The number of carbonyl (C=O) groups is 2. The zero-order chi connectivity index (χ0) is 23.1. The summed E-state index contributed by atoms with van der Waals surface area (Å²) >= 11 is 0. The highest BCUT2D eigenvalue weighted by Gasteiger charge is 2.60. The molecule has 4 saturated carbocycles. The Morgan fingerprint density at radius 2 is 1.69 bits per heavy atom. The Labute approximate surface area is 194 Å². The van der Waals surface area contributed by atoms with Crippen LogP contribution in [0.3, 0.4) is 0 Å². The van der Waals surface area contributed by atoms with E-state index >= 15 is 0 Å². The second kappa shape index (κ2) is 9.27. The van der Waals surface area contributed by atoms with Gasteiger partial charge in [0.1, 0.15) is 6.10 Å². The molecule has 5 nitrogen and oxygen atoms in total. The number of rotatable bonds is 6. The van der Waals surface area contributed by atoms with E-state index in [0.717, 1.165) is 42.9 Å². The molecule has 0 saturated heterocycles. The van der Waals surface area contributed by atoms with Gasteiger partial charge in [0.25, 0.3) is 0 Å². The van der Waals surface area contributed by atoms with Crippen LogP contribution in [-0.2, 0) is 19.1 Å². The second-order valence-corrected chi connectivity index (χ2v) is 12.1. The maximum Gasteiger partial charge on any atom is 0.319 e. The largest absolute Gasteiger partial charge is 0.469 e. The van der Waals surface area contributed by atoms with E-state index in [2.05, 4.69) is 20.8 Å². The predicted octanol–water partition coefficient (Wildman–Crippen LogP) is 5.11. The molecule has 0 aromatic rings. The van der Waals surface area contributed by atoms with Crippen molar-refractivity contribution in [3.05, 3.63) is 0 Å². The highest BCUT2D eigenvalue weighted by molar-refractivity contribution is 5.71. The lowest BCUT2D eigenvalue weighted by Gasteiger charge is -2.61. The fourth-order valence-electron chi connectivity index (χ4n) is 9.18. The first-order chi connectivity index (χ1) is 15.2. The molecule has 5 heteroatoms. The first-order valence-corrected chi connectivity index (χ1v) is 13.2. The lowest BCUT2D eigenvalue weighted by atomic mass is 9.44. The summed E-state index contributed by atoms with van der Waals surface area (Å²) in [4.78, 5) is 23.4. The van der Waals surface area contributed by atoms with E-state index in [0.29, 0.717) is 29.1 Å². The number of esters is 2. The fourth-order valence-corrected chi connectivity index (χ4v) is 9.18. The van der Waals surface area contributed by atoms with E-state index in [1.807, 2.05) is 0 Å². The van der Waals surface area contributed by atoms with Crippen LogP contribution >= 0.6 is 0 Å². The van der Waals surface area contributed by atoms with Crippen LogP contribution in [0, 0.1) is 46.3 Å². The maximum atomic E-state index is 11.7. The van der Waals surface area contributed by atoms with Crippen LogP contribution in [-0.4, -0.2) is 31.7 Å². The van der Waals surface area contributed by atoms with E-state index in [-0.39, 0.29) is 24.6 Å². The molecule has 0 aromatic carbocycles. The Morgan fingerprint density at radius 3 is 2.41 bits per heavy atom. The standard InChI is InChI=1S/C27H45NO4/c1-17(5-10-24(29)31-4)21-8-9-22-20-7-6-18-15-19(32-25(30)16-28)11-13-26(18,2)23(20)12-14-27(21,22)3/h17-23H,5-16,28H2,1-4H3/t17-,18-,19-,20+,21-,22+,23+,26+,27-/m1/s1. The van der Waals surface area contributed by atoms with Gasteiger partial charge in [0.2, 0.25) is 0 Å². The van der Waals surface area contributed by atoms with Crippen LogP contribution in [0.25, 0.3) is 0 Å². The molecule has 182 valence electrons. The van der Waals surface area contributed by atoms with Gasteiger partial charge in [-0.1, -0.05) is 20.8 Å².